The first kappa shape index (κ1) is 21.2. The molecule has 1 aliphatic carbocycles. The van der Waals surface area contributed by atoms with Crippen LogP contribution in [0.25, 0.3) is 10.2 Å². The van der Waals surface area contributed by atoms with Gasteiger partial charge in [0, 0.05) is 24.4 Å². The summed E-state index contributed by atoms with van der Waals surface area (Å²) < 4.78 is 5.10. The summed E-state index contributed by atoms with van der Waals surface area (Å²) in [4.78, 5) is 47.6. The van der Waals surface area contributed by atoms with Gasteiger partial charge in [-0.1, -0.05) is 12.2 Å². The normalized spacial score (nSPS) is 13.2. The summed E-state index contributed by atoms with van der Waals surface area (Å²) in [6.45, 7) is 8.19. The lowest BCUT2D eigenvalue weighted by Crippen LogP contribution is -2.35. The van der Waals surface area contributed by atoms with E-state index in [9.17, 15) is 14.4 Å². The molecule has 0 unspecified atom stereocenters. The van der Waals surface area contributed by atoms with Crippen molar-refractivity contribution in [3.63, 3.8) is 0 Å². The first-order valence-corrected chi connectivity index (χ1v) is 10.8. The summed E-state index contributed by atoms with van der Waals surface area (Å²) in [6, 6.07) is 0. The number of nitrogens with zero attached hydrogens (tertiary/aromatic N) is 2. The second-order valence-electron chi connectivity index (χ2n) is 7.43. The Morgan fingerprint density at radius 3 is 2.79 bits per heavy atom. The van der Waals surface area contributed by atoms with E-state index in [1.54, 1.807) is 16.2 Å². The molecule has 3 rings (SSSR count). The van der Waals surface area contributed by atoms with E-state index in [-0.39, 0.29) is 30.9 Å². The van der Waals surface area contributed by atoms with Crippen LogP contribution in [0.15, 0.2) is 16.9 Å². The largest absolute Gasteiger partial charge is 0.456 e. The van der Waals surface area contributed by atoms with Crippen molar-refractivity contribution in [2.75, 3.05) is 19.7 Å². The highest BCUT2D eigenvalue weighted by Crippen LogP contribution is 2.33. The maximum atomic E-state index is 12.5. The molecule has 0 radical (unpaired) electrons. The first-order chi connectivity index (χ1) is 13.9. The zero-order valence-corrected chi connectivity index (χ0v) is 17.8. The van der Waals surface area contributed by atoms with Crippen LogP contribution in [0.1, 0.15) is 49.4 Å². The van der Waals surface area contributed by atoms with Gasteiger partial charge in [-0.15, -0.1) is 11.3 Å². The molecule has 2 heterocycles. The number of hydrogen-bond acceptors (Lipinski definition) is 6. The fourth-order valence-electron chi connectivity index (χ4n) is 3.56. The predicted octanol–water partition coefficient (Wildman–Crippen LogP) is 2.76. The van der Waals surface area contributed by atoms with E-state index in [0.29, 0.717) is 24.3 Å². The molecule has 0 fully saturated rings. The van der Waals surface area contributed by atoms with E-state index in [0.717, 1.165) is 41.7 Å². The van der Waals surface area contributed by atoms with Crippen molar-refractivity contribution >= 4 is 33.4 Å². The van der Waals surface area contributed by atoms with Crippen LogP contribution < -0.4 is 5.56 Å². The molecule has 8 heteroatoms. The predicted molar refractivity (Wildman–Crippen MR) is 113 cm³/mol. The Bertz CT molecular complexity index is 992. The number of H-pyrrole nitrogens is 1. The molecular weight excluding hydrogens is 390 g/mol. The number of nitrogens with one attached hydrogen (secondary N) is 1. The zero-order chi connectivity index (χ0) is 21.0. The number of aryl methyl sites for hydroxylation is 3. The van der Waals surface area contributed by atoms with Crippen molar-refractivity contribution in [2.24, 2.45) is 0 Å². The van der Waals surface area contributed by atoms with E-state index >= 15 is 0 Å². The lowest BCUT2D eigenvalue weighted by atomic mass is 9.97. The van der Waals surface area contributed by atoms with Crippen molar-refractivity contribution in [2.45, 2.75) is 52.4 Å². The number of ether oxygens (including phenoxy) is 1. The third-order valence-corrected chi connectivity index (χ3v) is 6.18. The molecule has 156 valence electrons. The van der Waals surface area contributed by atoms with Crippen LogP contribution in [0.5, 0.6) is 0 Å². The Labute approximate surface area is 173 Å². The van der Waals surface area contributed by atoms with Crippen molar-refractivity contribution < 1.29 is 14.3 Å². The summed E-state index contributed by atoms with van der Waals surface area (Å²) in [7, 11) is 0. The van der Waals surface area contributed by atoms with Gasteiger partial charge in [-0.25, -0.2) is 4.98 Å². The Kier molecular flexibility index (Phi) is 6.84. The van der Waals surface area contributed by atoms with Gasteiger partial charge in [0.2, 0.25) is 0 Å². The van der Waals surface area contributed by atoms with Crippen molar-refractivity contribution in [1.29, 1.82) is 0 Å². The highest BCUT2D eigenvalue weighted by Gasteiger charge is 2.20. The number of carbonyl (C=O) groups excluding carboxylic acids is 2. The van der Waals surface area contributed by atoms with Crippen LogP contribution in [0, 0.1) is 0 Å². The SMILES string of the molecule is C=C(C)CN(CC)C(=O)COC(=O)CCc1nc2sc3c(c2c(=O)[nH]1)CCCC3. The van der Waals surface area contributed by atoms with Crippen molar-refractivity contribution in [3.05, 3.63) is 38.8 Å². The summed E-state index contributed by atoms with van der Waals surface area (Å²) in [5, 5.41) is 0.707. The number of fused-ring (bicyclic) bond motifs is 3. The fourth-order valence-corrected chi connectivity index (χ4v) is 4.84. The molecule has 2 aromatic heterocycles. The molecular formula is C21H27N3O4S. The van der Waals surface area contributed by atoms with Crippen LogP contribution in [0.3, 0.4) is 0 Å². The van der Waals surface area contributed by atoms with Crippen LogP contribution in [-0.4, -0.2) is 46.4 Å². The number of thiophene rings is 1. The van der Waals surface area contributed by atoms with Crippen molar-refractivity contribution in [1.82, 2.24) is 14.9 Å². The van der Waals surface area contributed by atoms with E-state index < -0.39 is 5.97 Å². The molecule has 1 aliphatic rings. The Balaban J connectivity index is 1.57. The van der Waals surface area contributed by atoms with Gasteiger partial charge in [0.25, 0.3) is 11.5 Å². The summed E-state index contributed by atoms with van der Waals surface area (Å²) in [5.41, 5.74) is 1.88. The number of amides is 1. The fraction of sp³-hybridized carbons (Fsp3) is 0.524. The number of aromatic nitrogens is 2. The number of likely N-dealkylation sites (N-methyl/N-ethyl adjacent to an activating group) is 1. The summed E-state index contributed by atoms with van der Waals surface area (Å²) >= 11 is 1.58. The third kappa shape index (κ3) is 5.12. The molecule has 1 N–H and O–H groups in total. The average molecular weight is 418 g/mol. The number of hydrogen-bond donors (Lipinski definition) is 1. The molecule has 0 spiro atoms. The van der Waals surface area contributed by atoms with Crippen LogP contribution in [0.4, 0.5) is 0 Å². The molecule has 2 aromatic rings. The lowest BCUT2D eigenvalue weighted by molar-refractivity contribution is -0.151. The smallest absolute Gasteiger partial charge is 0.306 e. The number of carbonyl (C=O) groups is 2. The molecule has 7 nitrogen and oxygen atoms in total. The van der Waals surface area contributed by atoms with Gasteiger partial charge >= 0.3 is 5.97 Å². The quantitative estimate of drug-likeness (QED) is 0.527. The number of aromatic amines is 1. The van der Waals surface area contributed by atoms with E-state index in [4.69, 9.17) is 4.74 Å². The number of esters is 1. The molecule has 1 amide bonds. The summed E-state index contributed by atoms with van der Waals surface area (Å²) in [5.74, 6) is -0.263. The van der Waals surface area contributed by atoms with Gasteiger partial charge in [0.05, 0.1) is 11.8 Å². The molecule has 0 saturated heterocycles. The molecule has 0 aliphatic heterocycles. The summed E-state index contributed by atoms with van der Waals surface area (Å²) in [6.07, 6.45) is 4.51. The second kappa shape index (κ2) is 9.35. The van der Waals surface area contributed by atoms with Crippen LogP contribution >= 0.6 is 11.3 Å². The third-order valence-electron chi connectivity index (χ3n) is 4.99. The number of rotatable bonds is 8. The Morgan fingerprint density at radius 2 is 2.07 bits per heavy atom. The van der Waals surface area contributed by atoms with Gasteiger partial charge in [0.1, 0.15) is 10.7 Å². The zero-order valence-electron chi connectivity index (χ0n) is 17.0. The van der Waals surface area contributed by atoms with E-state index in [2.05, 4.69) is 16.5 Å². The van der Waals surface area contributed by atoms with E-state index in [1.807, 2.05) is 13.8 Å². The van der Waals surface area contributed by atoms with Crippen molar-refractivity contribution in [3.8, 4) is 0 Å². The second-order valence-corrected chi connectivity index (χ2v) is 8.51. The van der Waals surface area contributed by atoms with E-state index in [1.165, 1.54) is 4.88 Å². The minimum Gasteiger partial charge on any atom is -0.456 e. The molecule has 0 bridgehead atoms. The lowest BCUT2D eigenvalue weighted by Gasteiger charge is -2.20. The van der Waals surface area contributed by atoms with Gasteiger partial charge in [-0.2, -0.15) is 0 Å². The van der Waals surface area contributed by atoms with Crippen LogP contribution in [0.2, 0.25) is 0 Å². The molecule has 29 heavy (non-hydrogen) atoms. The standard InChI is InChI=1S/C21H27N3O4S/c1-4-24(11-13(2)3)17(25)12-28-18(26)10-9-16-22-20(27)19-14-7-5-6-8-15(14)29-21(19)23-16/h2,4-12H2,1,3H3,(H,22,23,27). The Hall–Kier alpha value is -2.48. The topological polar surface area (TPSA) is 92.4 Å². The van der Waals surface area contributed by atoms with Gasteiger partial charge in [-0.05, 0) is 45.1 Å². The molecule has 0 saturated carbocycles. The molecule has 0 atom stereocenters. The van der Waals surface area contributed by atoms with Gasteiger partial charge in [-0.3, -0.25) is 14.4 Å². The highest BCUT2D eigenvalue weighted by molar-refractivity contribution is 7.18. The minimum absolute atomic E-state index is 0.0550. The highest BCUT2D eigenvalue weighted by atomic mass is 32.1. The molecule has 0 aromatic carbocycles. The maximum absolute atomic E-state index is 12.5. The van der Waals surface area contributed by atoms with Crippen LogP contribution in [-0.2, 0) is 33.6 Å². The maximum Gasteiger partial charge on any atom is 0.306 e. The monoisotopic (exact) mass is 417 g/mol. The Morgan fingerprint density at radius 1 is 1.31 bits per heavy atom. The average Bonchev–Trinajstić information content (AvgIpc) is 3.07. The first-order valence-electron chi connectivity index (χ1n) is 10.00. The van der Waals surface area contributed by atoms with Gasteiger partial charge < -0.3 is 14.6 Å². The van der Waals surface area contributed by atoms with Gasteiger partial charge in [0.15, 0.2) is 6.61 Å². The minimum atomic E-state index is -0.488.